The molecule has 0 radical (unpaired) electrons. The van der Waals surface area contributed by atoms with E-state index in [0.29, 0.717) is 23.1 Å². The molecule has 0 amide bonds. The van der Waals surface area contributed by atoms with Crippen LogP contribution in [0.15, 0.2) is 46.7 Å². The monoisotopic (exact) mass is 388 g/mol. The van der Waals surface area contributed by atoms with Crippen molar-refractivity contribution in [2.45, 2.75) is 32.1 Å². The molecule has 3 rings (SSSR count). The van der Waals surface area contributed by atoms with E-state index in [1.807, 2.05) is 24.3 Å². The summed E-state index contributed by atoms with van der Waals surface area (Å²) in [5.74, 6) is 1.67. The van der Waals surface area contributed by atoms with E-state index < -0.39 is 0 Å². The van der Waals surface area contributed by atoms with Gasteiger partial charge in [-0.25, -0.2) is 4.98 Å². The molecule has 24 heavy (non-hydrogen) atoms. The van der Waals surface area contributed by atoms with Gasteiger partial charge in [-0.2, -0.15) is 4.98 Å². The first-order valence-corrected chi connectivity index (χ1v) is 8.97. The van der Waals surface area contributed by atoms with Gasteiger partial charge in [0.25, 0.3) is 0 Å². The zero-order valence-corrected chi connectivity index (χ0v) is 15.1. The normalized spacial score (nSPS) is 14.1. The molecule has 0 fully saturated rings. The highest BCUT2D eigenvalue weighted by atomic mass is 79.9. The minimum atomic E-state index is 0.367. The van der Waals surface area contributed by atoms with E-state index in [1.54, 1.807) is 0 Å². The fourth-order valence-corrected chi connectivity index (χ4v) is 2.95. The van der Waals surface area contributed by atoms with Crippen LogP contribution in [0.5, 0.6) is 11.6 Å². The summed E-state index contributed by atoms with van der Waals surface area (Å²) < 4.78 is 6.74. The smallest absolute Gasteiger partial charge is 0.248 e. The van der Waals surface area contributed by atoms with Gasteiger partial charge in [0.15, 0.2) is 5.82 Å². The van der Waals surface area contributed by atoms with E-state index in [9.17, 15) is 0 Å². The van der Waals surface area contributed by atoms with Crippen LogP contribution in [0.3, 0.4) is 0 Å². The van der Waals surface area contributed by atoms with Crippen molar-refractivity contribution in [1.29, 1.82) is 0 Å². The second-order valence-electron chi connectivity index (χ2n) is 5.78. The lowest BCUT2D eigenvalue weighted by Crippen LogP contribution is -2.09. The molecule has 1 aromatic heterocycles. The lowest BCUT2D eigenvalue weighted by atomic mass is 9.97. The Balaban J connectivity index is 1.62. The number of rotatable bonds is 6. The number of aromatic nitrogens is 2. The van der Waals surface area contributed by atoms with Crippen LogP contribution < -0.4 is 15.8 Å². The Morgan fingerprint density at radius 3 is 2.75 bits per heavy atom. The van der Waals surface area contributed by atoms with Crippen molar-refractivity contribution in [2.75, 3.05) is 17.6 Å². The van der Waals surface area contributed by atoms with Gasteiger partial charge in [0.1, 0.15) is 17.8 Å². The molecule has 1 aliphatic carbocycles. The van der Waals surface area contributed by atoms with Gasteiger partial charge in [0, 0.05) is 11.0 Å². The molecule has 0 atom stereocenters. The third kappa shape index (κ3) is 4.47. The minimum Gasteiger partial charge on any atom is -0.437 e. The second kappa shape index (κ2) is 8.15. The molecule has 0 saturated carbocycles. The van der Waals surface area contributed by atoms with E-state index in [1.165, 1.54) is 37.6 Å². The number of hydrogen-bond acceptors (Lipinski definition) is 5. The highest BCUT2D eigenvalue weighted by Crippen LogP contribution is 2.30. The number of nitrogens with one attached hydrogen (secondary N) is 1. The molecule has 126 valence electrons. The number of halogens is 1. The first-order chi connectivity index (χ1) is 11.7. The molecule has 1 aliphatic rings. The number of ether oxygens (including phenoxy) is 1. The fourth-order valence-electron chi connectivity index (χ4n) is 2.69. The summed E-state index contributed by atoms with van der Waals surface area (Å²) in [6, 6.07) is 7.52. The number of nitrogens with zero attached hydrogens (tertiary/aromatic N) is 2. The molecule has 5 nitrogen and oxygen atoms in total. The average Bonchev–Trinajstić information content (AvgIpc) is 2.61. The van der Waals surface area contributed by atoms with Crippen LogP contribution in [0.1, 0.15) is 32.1 Å². The van der Waals surface area contributed by atoms with E-state index in [2.05, 4.69) is 37.3 Å². The predicted octanol–water partition coefficient (Wildman–Crippen LogP) is 4.92. The number of nitrogen functional groups attached to an aromatic ring is 1. The van der Waals surface area contributed by atoms with Crippen LogP contribution in [-0.2, 0) is 0 Å². The van der Waals surface area contributed by atoms with Crippen molar-refractivity contribution in [3.63, 3.8) is 0 Å². The Hall–Kier alpha value is -2.08. The van der Waals surface area contributed by atoms with Crippen molar-refractivity contribution in [3.8, 4) is 11.6 Å². The summed E-state index contributed by atoms with van der Waals surface area (Å²) in [5.41, 5.74) is 8.09. The summed E-state index contributed by atoms with van der Waals surface area (Å²) in [6.45, 7) is 0.810. The Morgan fingerprint density at radius 1 is 1.17 bits per heavy atom. The molecular formula is C18H21BrN4O. The Labute approximate surface area is 150 Å². The van der Waals surface area contributed by atoms with Gasteiger partial charge in [-0.15, -0.1) is 0 Å². The zero-order chi connectivity index (χ0) is 16.8. The zero-order valence-electron chi connectivity index (χ0n) is 13.5. The van der Waals surface area contributed by atoms with Gasteiger partial charge in [0.2, 0.25) is 5.88 Å². The highest BCUT2D eigenvalue weighted by molar-refractivity contribution is 9.10. The van der Waals surface area contributed by atoms with Gasteiger partial charge >= 0.3 is 0 Å². The molecular weight excluding hydrogens is 368 g/mol. The minimum absolute atomic E-state index is 0.367. The quantitative estimate of drug-likeness (QED) is 0.687. The number of hydrogen-bond donors (Lipinski definition) is 2. The van der Waals surface area contributed by atoms with Crippen LogP contribution in [-0.4, -0.2) is 16.5 Å². The van der Waals surface area contributed by atoms with E-state index >= 15 is 0 Å². The maximum Gasteiger partial charge on any atom is 0.248 e. The summed E-state index contributed by atoms with van der Waals surface area (Å²) in [7, 11) is 0. The molecule has 0 aliphatic heterocycles. The van der Waals surface area contributed by atoms with Crippen molar-refractivity contribution in [2.24, 2.45) is 0 Å². The van der Waals surface area contributed by atoms with Crippen molar-refractivity contribution in [1.82, 2.24) is 9.97 Å². The van der Waals surface area contributed by atoms with E-state index in [0.717, 1.165) is 17.4 Å². The molecule has 0 saturated heterocycles. The lowest BCUT2D eigenvalue weighted by Gasteiger charge is -2.14. The number of nitrogens with two attached hydrogens (primary N) is 1. The maximum atomic E-state index is 6.14. The SMILES string of the molecule is Nc1c(NCCC2=CCCCC2)ncnc1Oc1ccc(Br)cc1. The van der Waals surface area contributed by atoms with E-state index in [-0.39, 0.29) is 0 Å². The Kier molecular flexibility index (Phi) is 5.69. The third-order valence-corrected chi connectivity index (χ3v) is 4.53. The van der Waals surface area contributed by atoms with Gasteiger partial charge in [-0.05, 0) is 56.4 Å². The molecule has 6 heteroatoms. The molecule has 2 aromatic rings. The van der Waals surface area contributed by atoms with Crippen LogP contribution in [0, 0.1) is 0 Å². The number of benzene rings is 1. The molecule has 3 N–H and O–H groups in total. The molecule has 0 unspecified atom stereocenters. The van der Waals surface area contributed by atoms with Crippen molar-refractivity contribution >= 4 is 27.4 Å². The molecule has 0 bridgehead atoms. The summed E-state index contributed by atoms with van der Waals surface area (Å²) in [5, 5.41) is 3.29. The van der Waals surface area contributed by atoms with Gasteiger partial charge in [-0.3, -0.25) is 0 Å². The first kappa shape index (κ1) is 16.8. The highest BCUT2D eigenvalue weighted by Gasteiger charge is 2.11. The molecule has 1 heterocycles. The molecule has 1 aromatic carbocycles. The summed E-state index contributed by atoms with van der Waals surface area (Å²) >= 11 is 3.40. The van der Waals surface area contributed by atoms with Crippen molar-refractivity contribution < 1.29 is 4.74 Å². The maximum absolute atomic E-state index is 6.14. The van der Waals surface area contributed by atoms with Crippen molar-refractivity contribution in [3.05, 3.63) is 46.7 Å². The Morgan fingerprint density at radius 2 is 2.00 bits per heavy atom. The fraction of sp³-hybridized carbons (Fsp3) is 0.333. The van der Waals surface area contributed by atoms with Gasteiger partial charge in [-0.1, -0.05) is 27.6 Å². The van der Waals surface area contributed by atoms with Gasteiger partial charge in [0.05, 0.1) is 0 Å². The first-order valence-electron chi connectivity index (χ1n) is 8.18. The largest absolute Gasteiger partial charge is 0.437 e. The molecule has 0 spiro atoms. The van der Waals surface area contributed by atoms with Crippen LogP contribution in [0.25, 0.3) is 0 Å². The summed E-state index contributed by atoms with van der Waals surface area (Å²) in [4.78, 5) is 8.36. The third-order valence-electron chi connectivity index (χ3n) is 4.00. The number of anilines is 2. The lowest BCUT2D eigenvalue weighted by molar-refractivity contribution is 0.464. The van der Waals surface area contributed by atoms with Gasteiger partial charge < -0.3 is 15.8 Å². The standard InChI is InChI=1S/C18H21BrN4O/c19-14-6-8-15(9-7-14)24-18-16(20)17(22-12-23-18)21-11-10-13-4-2-1-3-5-13/h4,6-9,12H,1-3,5,10-11,20H2,(H,21,22,23). The predicted molar refractivity (Wildman–Crippen MR) is 100 cm³/mol. The van der Waals surface area contributed by atoms with E-state index in [4.69, 9.17) is 10.5 Å². The number of allylic oxidation sites excluding steroid dienone is 1. The van der Waals surface area contributed by atoms with Crippen LogP contribution >= 0.6 is 15.9 Å². The topological polar surface area (TPSA) is 73.1 Å². The average molecular weight is 389 g/mol. The van der Waals surface area contributed by atoms with Crippen LogP contribution in [0.2, 0.25) is 0 Å². The second-order valence-corrected chi connectivity index (χ2v) is 6.70. The summed E-state index contributed by atoms with van der Waals surface area (Å²) in [6.07, 6.45) is 9.86. The Bertz CT molecular complexity index is 715. The van der Waals surface area contributed by atoms with Crippen LogP contribution in [0.4, 0.5) is 11.5 Å².